The van der Waals surface area contributed by atoms with Crippen molar-refractivity contribution in [3.05, 3.63) is 29.0 Å². The second kappa shape index (κ2) is 6.34. The van der Waals surface area contributed by atoms with Crippen molar-refractivity contribution in [2.75, 3.05) is 20.1 Å². The summed E-state index contributed by atoms with van der Waals surface area (Å²) in [6, 6.07) is 4.54. The molecule has 2 rings (SSSR count). The van der Waals surface area contributed by atoms with Crippen molar-refractivity contribution >= 4 is 11.6 Å². The predicted molar refractivity (Wildman–Crippen MR) is 71.2 cm³/mol. The van der Waals surface area contributed by atoms with Crippen LogP contribution in [0.2, 0.25) is 5.15 Å². The molecule has 1 N–H and O–H groups in total. The van der Waals surface area contributed by atoms with Crippen LogP contribution in [0.15, 0.2) is 18.3 Å². The molecular weight excluding hydrogens is 234 g/mol. The summed E-state index contributed by atoms with van der Waals surface area (Å²) in [5.41, 5.74) is 1.22. The third kappa shape index (κ3) is 4.26. The lowest BCUT2D eigenvalue weighted by molar-refractivity contribution is 0.256. The number of likely N-dealkylation sites (N-methyl/N-ethyl adjacent to an activating group) is 1. The molecule has 0 spiro atoms. The number of halogens is 1. The zero-order valence-electron chi connectivity index (χ0n) is 10.3. The quantitative estimate of drug-likeness (QED) is 0.835. The van der Waals surface area contributed by atoms with Gasteiger partial charge in [-0.3, -0.25) is 0 Å². The largest absolute Gasteiger partial charge is 0.313 e. The Morgan fingerprint density at radius 3 is 3.00 bits per heavy atom. The number of nitrogens with one attached hydrogen (secondary N) is 1. The predicted octanol–water partition coefficient (Wildman–Crippen LogP) is 2.31. The molecule has 0 amide bonds. The monoisotopic (exact) mass is 253 g/mol. The van der Waals surface area contributed by atoms with Crippen LogP contribution in [-0.4, -0.2) is 36.1 Å². The van der Waals surface area contributed by atoms with Crippen molar-refractivity contribution in [2.24, 2.45) is 0 Å². The highest BCUT2D eigenvalue weighted by atomic mass is 35.5. The SMILES string of the molecule is CN(Cc1ccc(Cl)nc1)C[C@H]1CCCCN1. The van der Waals surface area contributed by atoms with Crippen molar-refractivity contribution < 1.29 is 0 Å². The summed E-state index contributed by atoms with van der Waals surface area (Å²) in [6.45, 7) is 3.20. The van der Waals surface area contributed by atoms with Crippen LogP contribution < -0.4 is 5.32 Å². The Labute approximate surface area is 108 Å². The number of nitrogens with zero attached hydrogens (tertiary/aromatic N) is 2. The van der Waals surface area contributed by atoms with Gasteiger partial charge >= 0.3 is 0 Å². The summed E-state index contributed by atoms with van der Waals surface area (Å²) >= 11 is 5.77. The minimum absolute atomic E-state index is 0.561. The molecule has 2 heterocycles. The zero-order chi connectivity index (χ0) is 12.1. The standard InChI is InChI=1S/C13H20ClN3/c1-17(10-12-4-2-3-7-15-12)9-11-5-6-13(14)16-8-11/h5-6,8,12,15H,2-4,7,9-10H2,1H3/t12-/m1/s1. The first-order chi connectivity index (χ1) is 8.24. The first-order valence-electron chi connectivity index (χ1n) is 6.26. The van der Waals surface area contributed by atoms with Crippen LogP contribution in [0.25, 0.3) is 0 Å². The third-order valence-electron chi connectivity index (χ3n) is 3.19. The van der Waals surface area contributed by atoms with E-state index in [0.29, 0.717) is 11.2 Å². The van der Waals surface area contributed by atoms with Gasteiger partial charge in [0.05, 0.1) is 0 Å². The van der Waals surface area contributed by atoms with Gasteiger partial charge in [-0.25, -0.2) is 4.98 Å². The van der Waals surface area contributed by atoms with Gasteiger partial charge in [-0.1, -0.05) is 24.1 Å². The van der Waals surface area contributed by atoms with Crippen molar-refractivity contribution in [1.29, 1.82) is 0 Å². The van der Waals surface area contributed by atoms with Gasteiger partial charge < -0.3 is 10.2 Å². The van der Waals surface area contributed by atoms with E-state index in [0.717, 1.165) is 13.1 Å². The molecule has 1 fully saturated rings. The molecule has 1 atom stereocenters. The summed E-state index contributed by atoms with van der Waals surface area (Å²) in [6.07, 6.45) is 5.83. The maximum Gasteiger partial charge on any atom is 0.129 e. The lowest BCUT2D eigenvalue weighted by atomic mass is 10.0. The molecule has 1 aliphatic heterocycles. The van der Waals surface area contributed by atoms with Gasteiger partial charge in [0.1, 0.15) is 5.15 Å². The number of rotatable bonds is 4. The average Bonchev–Trinajstić information content (AvgIpc) is 2.33. The van der Waals surface area contributed by atoms with E-state index in [2.05, 4.69) is 22.2 Å². The first-order valence-corrected chi connectivity index (χ1v) is 6.64. The molecule has 1 aliphatic rings. The number of aromatic nitrogens is 1. The zero-order valence-corrected chi connectivity index (χ0v) is 11.1. The highest BCUT2D eigenvalue weighted by Gasteiger charge is 2.14. The fraction of sp³-hybridized carbons (Fsp3) is 0.615. The van der Waals surface area contributed by atoms with Gasteiger partial charge in [-0.15, -0.1) is 0 Å². The van der Waals surface area contributed by atoms with Gasteiger partial charge in [0.15, 0.2) is 0 Å². The van der Waals surface area contributed by atoms with E-state index in [1.165, 1.54) is 31.4 Å². The van der Waals surface area contributed by atoms with Crippen LogP contribution in [0.1, 0.15) is 24.8 Å². The van der Waals surface area contributed by atoms with E-state index >= 15 is 0 Å². The fourth-order valence-electron chi connectivity index (χ4n) is 2.33. The van der Waals surface area contributed by atoms with Gasteiger partial charge in [-0.2, -0.15) is 0 Å². The number of hydrogen-bond acceptors (Lipinski definition) is 3. The Hall–Kier alpha value is -0.640. The first kappa shape index (κ1) is 12.8. The van der Waals surface area contributed by atoms with E-state index in [9.17, 15) is 0 Å². The van der Waals surface area contributed by atoms with Crippen molar-refractivity contribution in [3.63, 3.8) is 0 Å². The summed E-state index contributed by atoms with van der Waals surface area (Å²) < 4.78 is 0. The van der Waals surface area contributed by atoms with Crippen molar-refractivity contribution in [3.8, 4) is 0 Å². The van der Waals surface area contributed by atoms with Crippen LogP contribution in [0, 0.1) is 0 Å². The Balaban J connectivity index is 1.79. The molecule has 0 radical (unpaired) electrons. The van der Waals surface area contributed by atoms with Gasteiger partial charge in [0.25, 0.3) is 0 Å². The summed E-state index contributed by atoms with van der Waals surface area (Å²) in [5.74, 6) is 0. The van der Waals surface area contributed by atoms with Crippen molar-refractivity contribution in [1.82, 2.24) is 15.2 Å². The molecule has 3 nitrogen and oxygen atoms in total. The molecule has 1 saturated heterocycles. The second-order valence-electron chi connectivity index (χ2n) is 4.83. The molecule has 1 aromatic heterocycles. The Morgan fingerprint density at radius 2 is 2.35 bits per heavy atom. The van der Waals surface area contributed by atoms with E-state index in [1.54, 1.807) is 0 Å². The number of piperidine rings is 1. The molecule has 0 aromatic carbocycles. The third-order valence-corrected chi connectivity index (χ3v) is 3.41. The summed E-state index contributed by atoms with van der Waals surface area (Å²) in [4.78, 5) is 6.44. The van der Waals surface area contributed by atoms with E-state index in [-0.39, 0.29) is 0 Å². The smallest absolute Gasteiger partial charge is 0.129 e. The van der Waals surface area contributed by atoms with Gasteiger partial charge in [0, 0.05) is 25.3 Å². The molecule has 94 valence electrons. The lowest BCUT2D eigenvalue weighted by Gasteiger charge is -2.28. The Kier molecular flexibility index (Phi) is 4.77. The molecule has 0 unspecified atom stereocenters. The van der Waals surface area contributed by atoms with Crippen LogP contribution in [-0.2, 0) is 6.54 Å². The van der Waals surface area contributed by atoms with Gasteiger partial charge in [0.2, 0.25) is 0 Å². The molecule has 0 saturated carbocycles. The average molecular weight is 254 g/mol. The molecule has 0 bridgehead atoms. The number of pyridine rings is 1. The maximum absolute atomic E-state index is 5.77. The Morgan fingerprint density at radius 1 is 1.47 bits per heavy atom. The van der Waals surface area contributed by atoms with Crippen LogP contribution in [0.4, 0.5) is 0 Å². The normalized spacial score (nSPS) is 20.8. The minimum atomic E-state index is 0.561. The minimum Gasteiger partial charge on any atom is -0.313 e. The molecule has 17 heavy (non-hydrogen) atoms. The Bertz CT molecular complexity index is 333. The maximum atomic E-state index is 5.77. The van der Waals surface area contributed by atoms with E-state index in [1.807, 2.05) is 18.3 Å². The van der Waals surface area contributed by atoms with Crippen LogP contribution >= 0.6 is 11.6 Å². The lowest BCUT2D eigenvalue weighted by Crippen LogP contribution is -2.42. The van der Waals surface area contributed by atoms with Gasteiger partial charge in [-0.05, 0) is 38.1 Å². The van der Waals surface area contributed by atoms with E-state index < -0.39 is 0 Å². The number of hydrogen-bond donors (Lipinski definition) is 1. The van der Waals surface area contributed by atoms with Crippen molar-refractivity contribution in [2.45, 2.75) is 31.8 Å². The molecule has 1 aromatic rings. The fourth-order valence-corrected chi connectivity index (χ4v) is 2.44. The molecule has 0 aliphatic carbocycles. The highest BCUT2D eigenvalue weighted by Crippen LogP contribution is 2.10. The second-order valence-corrected chi connectivity index (χ2v) is 5.22. The van der Waals surface area contributed by atoms with Crippen LogP contribution in [0.3, 0.4) is 0 Å². The summed E-state index contributed by atoms with van der Waals surface area (Å²) in [7, 11) is 2.16. The topological polar surface area (TPSA) is 28.2 Å². The highest BCUT2D eigenvalue weighted by molar-refractivity contribution is 6.29. The summed E-state index contributed by atoms with van der Waals surface area (Å²) in [5, 5.41) is 4.13. The molecular formula is C13H20ClN3. The van der Waals surface area contributed by atoms with Crippen LogP contribution in [0.5, 0.6) is 0 Å². The van der Waals surface area contributed by atoms with E-state index in [4.69, 9.17) is 11.6 Å². The molecule has 4 heteroatoms.